The van der Waals surface area contributed by atoms with Crippen LogP contribution in [0, 0.1) is 5.82 Å². The molecule has 0 radical (unpaired) electrons. The number of benzene rings is 1. The van der Waals surface area contributed by atoms with Gasteiger partial charge in [0, 0.05) is 5.56 Å². The molecule has 0 saturated carbocycles. The predicted octanol–water partition coefficient (Wildman–Crippen LogP) is 3.46. The third-order valence-corrected chi connectivity index (χ3v) is 5.96. The van der Waals surface area contributed by atoms with Crippen LogP contribution in [0.1, 0.15) is 10.5 Å². The van der Waals surface area contributed by atoms with Crippen molar-refractivity contribution in [1.29, 1.82) is 0 Å². The maximum atomic E-state index is 14.4. The molecule has 0 aliphatic rings. The van der Waals surface area contributed by atoms with Crippen molar-refractivity contribution >= 4 is 36.5 Å². The highest BCUT2D eigenvalue weighted by atomic mass is 35.5. The van der Waals surface area contributed by atoms with Gasteiger partial charge in [-0.3, -0.25) is 0 Å². The van der Waals surface area contributed by atoms with Crippen LogP contribution in [0.15, 0.2) is 24.3 Å². The van der Waals surface area contributed by atoms with Crippen LogP contribution in [0.25, 0.3) is 11.3 Å². The number of pyridine rings is 1. The summed E-state index contributed by atoms with van der Waals surface area (Å²) in [6, 6.07) is 7.44. The zero-order valence-electron chi connectivity index (χ0n) is 13.4. The molecular formula is C16H18ClFN2O2Si. The molecule has 0 bridgehead atoms. The van der Waals surface area contributed by atoms with Crippen molar-refractivity contribution in [2.75, 3.05) is 12.8 Å². The summed E-state index contributed by atoms with van der Waals surface area (Å²) >= 11 is 5.89. The van der Waals surface area contributed by atoms with Gasteiger partial charge in [-0.25, -0.2) is 14.2 Å². The summed E-state index contributed by atoms with van der Waals surface area (Å²) in [5.41, 5.74) is 5.66. The summed E-state index contributed by atoms with van der Waals surface area (Å²) in [6.45, 7) is 6.66. The summed E-state index contributed by atoms with van der Waals surface area (Å²) in [7, 11) is -0.263. The maximum Gasteiger partial charge on any atom is 0.358 e. The van der Waals surface area contributed by atoms with Crippen LogP contribution in [0.3, 0.4) is 0 Å². The zero-order valence-corrected chi connectivity index (χ0v) is 15.2. The minimum absolute atomic E-state index is 0.0191. The lowest BCUT2D eigenvalue weighted by atomic mass is 10.1. The van der Waals surface area contributed by atoms with E-state index in [4.69, 9.17) is 17.3 Å². The molecule has 0 aliphatic heterocycles. The number of carbonyl (C=O) groups is 1. The highest BCUT2D eigenvalue weighted by Gasteiger charge is 2.23. The first-order valence-corrected chi connectivity index (χ1v) is 10.9. The van der Waals surface area contributed by atoms with E-state index in [0.717, 1.165) is 0 Å². The molecule has 122 valence electrons. The fraction of sp³-hybridized carbons (Fsp3) is 0.250. The number of methoxy groups -OCH3 is 1. The molecule has 0 fully saturated rings. The first-order valence-electron chi connectivity index (χ1n) is 7.00. The smallest absolute Gasteiger partial charge is 0.358 e. The first kappa shape index (κ1) is 17.4. The maximum absolute atomic E-state index is 14.4. The van der Waals surface area contributed by atoms with Crippen molar-refractivity contribution in [3.05, 3.63) is 40.8 Å². The van der Waals surface area contributed by atoms with Gasteiger partial charge in [-0.1, -0.05) is 60.7 Å². The van der Waals surface area contributed by atoms with Gasteiger partial charge in [-0.2, -0.15) is 0 Å². The Labute approximate surface area is 140 Å². The van der Waals surface area contributed by atoms with Crippen molar-refractivity contribution in [2.45, 2.75) is 19.6 Å². The molecule has 1 aromatic carbocycles. The number of nitrogens with zero attached hydrogens (tertiary/aromatic N) is 1. The highest BCUT2D eigenvalue weighted by molar-refractivity contribution is 6.88. The zero-order chi connectivity index (χ0) is 17.4. The Morgan fingerprint density at radius 3 is 2.30 bits per heavy atom. The third kappa shape index (κ3) is 3.38. The number of esters is 1. The number of carbonyl (C=O) groups excluding carboxylic acids is 1. The van der Waals surface area contributed by atoms with Crippen LogP contribution in [-0.2, 0) is 4.74 Å². The summed E-state index contributed by atoms with van der Waals surface area (Å²) in [5.74, 6) is -1.51. The topological polar surface area (TPSA) is 65.2 Å². The molecule has 2 aromatic rings. The Bertz CT molecular complexity index is 758. The van der Waals surface area contributed by atoms with E-state index in [1.165, 1.54) is 12.3 Å². The van der Waals surface area contributed by atoms with Gasteiger partial charge in [0.15, 0.2) is 11.5 Å². The summed E-state index contributed by atoms with van der Waals surface area (Å²) < 4.78 is 19.0. The minimum atomic E-state index is -1.46. The molecule has 2 rings (SSSR count). The summed E-state index contributed by atoms with van der Waals surface area (Å²) in [5, 5.41) is 0.994. The number of ether oxygens (including phenoxy) is 1. The molecule has 0 amide bonds. The number of nitrogen functional groups attached to an aromatic ring is 1. The molecule has 0 atom stereocenters. The number of hydrogen-bond donors (Lipinski definition) is 1. The van der Waals surface area contributed by atoms with E-state index in [1.54, 1.807) is 12.1 Å². The predicted molar refractivity (Wildman–Crippen MR) is 93.4 cm³/mol. The van der Waals surface area contributed by atoms with E-state index in [-0.39, 0.29) is 22.1 Å². The van der Waals surface area contributed by atoms with E-state index in [0.29, 0.717) is 5.56 Å². The van der Waals surface area contributed by atoms with E-state index in [2.05, 4.69) is 29.4 Å². The van der Waals surface area contributed by atoms with Gasteiger partial charge < -0.3 is 10.5 Å². The molecule has 1 aromatic heterocycles. The Hall–Kier alpha value is -1.92. The average Bonchev–Trinajstić information content (AvgIpc) is 2.51. The lowest BCUT2D eigenvalue weighted by molar-refractivity contribution is 0.0594. The molecule has 0 aliphatic carbocycles. The largest absolute Gasteiger partial charge is 0.464 e. The Morgan fingerprint density at radius 1 is 1.26 bits per heavy atom. The Morgan fingerprint density at radius 2 is 1.83 bits per heavy atom. The fourth-order valence-corrected chi connectivity index (χ4v) is 3.48. The van der Waals surface area contributed by atoms with E-state index in [1.807, 2.05) is 12.1 Å². The monoisotopic (exact) mass is 352 g/mol. The Kier molecular flexibility index (Phi) is 4.77. The van der Waals surface area contributed by atoms with Crippen molar-refractivity contribution in [3.63, 3.8) is 0 Å². The standard InChI is InChI=1S/C16H18ClFN2O2Si/c1-22-16(21)15-11(17)13(19)12(18)14(20-15)9-5-7-10(8-6-9)23(2,3)4/h5-8H,1-4H3,(H2,19,20). The number of anilines is 1. The van der Waals surface area contributed by atoms with Crippen LogP contribution in [-0.4, -0.2) is 26.1 Å². The van der Waals surface area contributed by atoms with Gasteiger partial charge in [0.2, 0.25) is 0 Å². The van der Waals surface area contributed by atoms with Gasteiger partial charge in [0.05, 0.1) is 25.9 Å². The van der Waals surface area contributed by atoms with Crippen LogP contribution < -0.4 is 10.9 Å². The van der Waals surface area contributed by atoms with Gasteiger partial charge in [0.25, 0.3) is 0 Å². The van der Waals surface area contributed by atoms with Crippen LogP contribution in [0.2, 0.25) is 24.7 Å². The highest BCUT2D eigenvalue weighted by Crippen LogP contribution is 2.32. The molecule has 2 N–H and O–H groups in total. The number of aromatic nitrogens is 1. The van der Waals surface area contributed by atoms with Crippen molar-refractivity contribution in [2.24, 2.45) is 0 Å². The number of nitrogens with two attached hydrogens (primary N) is 1. The molecular weight excluding hydrogens is 335 g/mol. The second-order valence-corrected chi connectivity index (χ2v) is 11.6. The Balaban J connectivity index is 2.59. The lowest BCUT2D eigenvalue weighted by Crippen LogP contribution is -2.37. The molecule has 23 heavy (non-hydrogen) atoms. The average molecular weight is 353 g/mol. The molecule has 0 spiro atoms. The molecule has 4 nitrogen and oxygen atoms in total. The van der Waals surface area contributed by atoms with Crippen molar-refractivity contribution in [1.82, 2.24) is 4.98 Å². The SMILES string of the molecule is COC(=O)c1nc(-c2ccc([Si](C)(C)C)cc2)c(F)c(N)c1Cl. The van der Waals surface area contributed by atoms with Crippen molar-refractivity contribution < 1.29 is 13.9 Å². The molecule has 1 heterocycles. The molecule has 0 unspecified atom stereocenters. The normalized spacial score (nSPS) is 11.4. The number of rotatable bonds is 3. The summed E-state index contributed by atoms with van der Waals surface area (Å²) in [4.78, 5) is 15.7. The number of hydrogen-bond acceptors (Lipinski definition) is 4. The molecule has 7 heteroatoms. The van der Waals surface area contributed by atoms with Crippen molar-refractivity contribution in [3.8, 4) is 11.3 Å². The van der Waals surface area contributed by atoms with E-state index < -0.39 is 19.9 Å². The molecule has 0 saturated heterocycles. The fourth-order valence-electron chi connectivity index (χ4n) is 2.11. The second kappa shape index (κ2) is 6.29. The van der Waals surface area contributed by atoms with E-state index in [9.17, 15) is 9.18 Å². The van der Waals surface area contributed by atoms with Gasteiger partial charge in [-0.15, -0.1) is 0 Å². The van der Waals surface area contributed by atoms with E-state index >= 15 is 0 Å². The summed E-state index contributed by atoms with van der Waals surface area (Å²) in [6.07, 6.45) is 0. The second-order valence-electron chi connectivity index (χ2n) is 6.17. The third-order valence-electron chi connectivity index (χ3n) is 3.52. The van der Waals surface area contributed by atoms with Gasteiger partial charge in [-0.05, 0) is 0 Å². The van der Waals surface area contributed by atoms with Gasteiger partial charge >= 0.3 is 5.97 Å². The quantitative estimate of drug-likeness (QED) is 0.678. The van der Waals surface area contributed by atoms with Crippen LogP contribution >= 0.6 is 11.6 Å². The number of halogens is 2. The van der Waals surface area contributed by atoms with Gasteiger partial charge in [0.1, 0.15) is 5.69 Å². The first-order chi connectivity index (χ1) is 10.7. The minimum Gasteiger partial charge on any atom is -0.464 e. The van der Waals surface area contributed by atoms with Crippen LogP contribution in [0.4, 0.5) is 10.1 Å². The van der Waals surface area contributed by atoms with Crippen LogP contribution in [0.5, 0.6) is 0 Å². The lowest BCUT2D eigenvalue weighted by Gasteiger charge is -2.17.